The third-order valence-electron chi connectivity index (χ3n) is 5.01. The maximum absolute atomic E-state index is 13.3. The highest BCUT2D eigenvalue weighted by Crippen LogP contribution is 2.33. The number of ether oxygens (including phenoxy) is 2. The van der Waals surface area contributed by atoms with Crippen molar-refractivity contribution in [2.75, 3.05) is 13.3 Å². The van der Waals surface area contributed by atoms with Crippen LogP contribution in [0.15, 0.2) is 60.8 Å². The Morgan fingerprint density at radius 2 is 1.93 bits per heavy atom. The summed E-state index contributed by atoms with van der Waals surface area (Å²) in [7, 11) is 0. The molecule has 2 aromatic carbocycles. The molecular formula is C24H25ClN2O3. The quantitative estimate of drug-likeness (QED) is 0.522. The van der Waals surface area contributed by atoms with E-state index in [0.29, 0.717) is 42.6 Å². The molecule has 0 saturated carbocycles. The fourth-order valence-corrected chi connectivity index (χ4v) is 3.86. The van der Waals surface area contributed by atoms with Crippen molar-refractivity contribution in [2.24, 2.45) is 5.92 Å². The van der Waals surface area contributed by atoms with E-state index in [1.807, 2.05) is 35.4 Å². The van der Waals surface area contributed by atoms with Crippen LogP contribution in [0.4, 0.5) is 0 Å². The molecule has 0 radical (unpaired) electrons. The fourth-order valence-electron chi connectivity index (χ4n) is 3.65. The number of hydrogen-bond acceptors (Lipinski definition) is 3. The summed E-state index contributed by atoms with van der Waals surface area (Å²) in [6.45, 7) is 6.32. The first-order valence-electron chi connectivity index (χ1n) is 10.1. The van der Waals surface area contributed by atoms with Crippen LogP contribution in [-0.2, 0) is 13.1 Å². The SMILES string of the molecule is CC(C)CN(Cc1cccn1Cc1cccc(Cl)c1)C(=O)c1ccc2c(c1)OCO2. The van der Waals surface area contributed by atoms with E-state index in [-0.39, 0.29) is 12.7 Å². The number of rotatable bonds is 7. The first kappa shape index (κ1) is 20.4. The van der Waals surface area contributed by atoms with Gasteiger partial charge in [-0.25, -0.2) is 0 Å². The molecule has 6 heteroatoms. The van der Waals surface area contributed by atoms with Crippen molar-refractivity contribution in [1.29, 1.82) is 0 Å². The fraction of sp³-hybridized carbons (Fsp3) is 0.292. The maximum atomic E-state index is 13.3. The van der Waals surface area contributed by atoms with Gasteiger partial charge in [-0.05, 0) is 53.9 Å². The third kappa shape index (κ3) is 4.62. The molecule has 3 aromatic rings. The molecule has 0 fully saturated rings. The topological polar surface area (TPSA) is 43.7 Å². The number of amides is 1. The zero-order chi connectivity index (χ0) is 21.1. The molecule has 0 bridgehead atoms. The zero-order valence-corrected chi connectivity index (χ0v) is 17.9. The van der Waals surface area contributed by atoms with Crippen LogP contribution in [0.5, 0.6) is 11.5 Å². The average Bonchev–Trinajstić information content (AvgIpc) is 3.35. The van der Waals surface area contributed by atoms with Crippen LogP contribution in [0.3, 0.4) is 0 Å². The van der Waals surface area contributed by atoms with E-state index >= 15 is 0 Å². The van der Waals surface area contributed by atoms with Crippen molar-refractivity contribution in [3.63, 3.8) is 0 Å². The minimum Gasteiger partial charge on any atom is -0.454 e. The highest BCUT2D eigenvalue weighted by Gasteiger charge is 2.22. The number of benzene rings is 2. The predicted molar refractivity (Wildman–Crippen MR) is 117 cm³/mol. The summed E-state index contributed by atoms with van der Waals surface area (Å²) in [4.78, 5) is 15.2. The number of nitrogens with zero attached hydrogens (tertiary/aromatic N) is 2. The van der Waals surface area contributed by atoms with Crippen LogP contribution in [0.25, 0.3) is 0 Å². The number of carbonyl (C=O) groups excluding carboxylic acids is 1. The first-order chi connectivity index (χ1) is 14.5. The molecule has 0 spiro atoms. The summed E-state index contributed by atoms with van der Waals surface area (Å²) in [6.07, 6.45) is 2.04. The summed E-state index contributed by atoms with van der Waals surface area (Å²) >= 11 is 6.13. The lowest BCUT2D eigenvalue weighted by Gasteiger charge is -2.25. The molecule has 5 nitrogen and oxygen atoms in total. The van der Waals surface area contributed by atoms with E-state index in [4.69, 9.17) is 21.1 Å². The van der Waals surface area contributed by atoms with Crippen LogP contribution in [0, 0.1) is 5.92 Å². The zero-order valence-electron chi connectivity index (χ0n) is 17.2. The normalized spacial score (nSPS) is 12.4. The predicted octanol–water partition coefficient (Wildman–Crippen LogP) is 5.22. The standard InChI is InChI=1S/C24H25ClN2O3/c1-17(2)13-27(24(28)19-8-9-22-23(12-19)30-16-29-22)15-21-7-4-10-26(21)14-18-5-3-6-20(25)11-18/h3-12,17H,13-16H2,1-2H3. The van der Waals surface area contributed by atoms with Gasteiger partial charge in [-0.3, -0.25) is 4.79 Å². The molecule has 0 atom stereocenters. The van der Waals surface area contributed by atoms with Gasteiger partial charge in [0.25, 0.3) is 5.91 Å². The molecule has 1 aromatic heterocycles. The number of fused-ring (bicyclic) bond motifs is 1. The van der Waals surface area contributed by atoms with Gasteiger partial charge in [0.05, 0.1) is 6.54 Å². The van der Waals surface area contributed by atoms with Crippen LogP contribution in [-0.4, -0.2) is 28.7 Å². The van der Waals surface area contributed by atoms with Gasteiger partial charge >= 0.3 is 0 Å². The molecule has 156 valence electrons. The second-order valence-corrected chi connectivity index (χ2v) is 8.34. The van der Waals surface area contributed by atoms with Gasteiger partial charge in [0.2, 0.25) is 6.79 Å². The van der Waals surface area contributed by atoms with E-state index in [1.165, 1.54) is 0 Å². The van der Waals surface area contributed by atoms with E-state index in [0.717, 1.165) is 16.3 Å². The summed E-state index contributed by atoms with van der Waals surface area (Å²) in [5.41, 5.74) is 2.80. The lowest BCUT2D eigenvalue weighted by atomic mass is 10.1. The third-order valence-corrected chi connectivity index (χ3v) is 5.25. The molecule has 0 saturated heterocycles. The number of aromatic nitrogens is 1. The molecule has 2 heterocycles. The van der Waals surface area contributed by atoms with Gasteiger partial charge < -0.3 is 18.9 Å². The van der Waals surface area contributed by atoms with E-state index in [2.05, 4.69) is 30.5 Å². The second-order valence-electron chi connectivity index (χ2n) is 7.90. The molecule has 1 aliphatic heterocycles. The molecule has 0 aliphatic carbocycles. The Morgan fingerprint density at radius 1 is 1.10 bits per heavy atom. The van der Waals surface area contributed by atoms with Gasteiger partial charge in [0.15, 0.2) is 11.5 Å². The number of hydrogen-bond donors (Lipinski definition) is 0. The molecule has 30 heavy (non-hydrogen) atoms. The molecule has 0 N–H and O–H groups in total. The van der Waals surface area contributed by atoms with Crippen molar-refractivity contribution in [3.05, 3.63) is 82.6 Å². The minimum atomic E-state index is -0.0162. The van der Waals surface area contributed by atoms with Crippen molar-refractivity contribution in [1.82, 2.24) is 9.47 Å². The van der Waals surface area contributed by atoms with Gasteiger partial charge in [-0.15, -0.1) is 0 Å². The molecule has 1 amide bonds. The minimum absolute atomic E-state index is 0.0162. The largest absolute Gasteiger partial charge is 0.454 e. The van der Waals surface area contributed by atoms with E-state index in [1.54, 1.807) is 18.2 Å². The van der Waals surface area contributed by atoms with Crippen LogP contribution >= 0.6 is 11.6 Å². The molecule has 0 unspecified atom stereocenters. The molecule has 1 aliphatic rings. The molecule has 4 rings (SSSR count). The lowest BCUT2D eigenvalue weighted by molar-refractivity contribution is 0.0718. The van der Waals surface area contributed by atoms with Crippen LogP contribution in [0.1, 0.15) is 35.5 Å². The number of halogens is 1. The van der Waals surface area contributed by atoms with Gasteiger partial charge in [-0.2, -0.15) is 0 Å². The van der Waals surface area contributed by atoms with Gasteiger partial charge in [-0.1, -0.05) is 37.6 Å². The highest BCUT2D eigenvalue weighted by molar-refractivity contribution is 6.30. The maximum Gasteiger partial charge on any atom is 0.254 e. The lowest BCUT2D eigenvalue weighted by Crippen LogP contribution is -2.34. The van der Waals surface area contributed by atoms with Crippen molar-refractivity contribution < 1.29 is 14.3 Å². The summed E-state index contributed by atoms with van der Waals surface area (Å²) in [6, 6.07) is 17.3. The average molecular weight is 425 g/mol. The van der Waals surface area contributed by atoms with E-state index in [9.17, 15) is 4.79 Å². The highest BCUT2D eigenvalue weighted by atomic mass is 35.5. The van der Waals surface area contributed by atoms with Crippen molar-refractivity contribution >= 4 is 17.5 Å². The van der Waals surface area contributed by atoms with Crippen molar-refractivity contribution in [3.8, 4) is 11.5 Å². The van der Waals surface area contributed by atoms with Crippen LogP contribution in [0.2, 0.25) is 5.02 Å². The van der Waals surface area contributed by atoms with E-state index < -0.39 is 0 Å². The van der Waals surface area contributed by atoms with Crippen LogP contribution < -0.4 is 9.47 Å². The Balaban J connectivity index is 1.55. The summed E-state index contributed by atoms with van der Waals surface area (Å²) < 4.78 is 13.0. The molecular weight excluding hydrogens is 400 g/mol. The monoisotopic (exact) mass is 424 g/mol. The first-order valence-corrected chi connectivity index (χ1v) is 10.4. The Hall–Kier alpha value is -2.92. The Kier molecular flexibility index (Phi) is 6.00. The Morgan fingerprint density at radius 3 is 2.73 bits per heavy atom. The Labute approximate surface area is 181 Å². The summed E-state index contributed by atoms with van der Waals surface area (Å²) in [5.74, 6) is 1.63. The summed E-state index contributed by atoms with van der Waals surface area (Å²) in [5, 5.41) is 0.723. The van der Waals surface area contributed by atoms with Crippen molar-refractivity contribution in [2.45, 2.75) is 26.9 Å². The Bertz CT molecular complexity index is 1040. The van der Waals surface area contributed by atoms with Gasteiger partial charge in [0, 0.05) is 35.6 Å². The number of carbonyl (C=O) groups is 1. The second kappa shape index (κ2) is 8.84. The van der Waals surface area contributed by atoms with Gasteiger partial charge in [0.1, 0.15) is 0 Å². The smallest absolute Gasteiger partial charge is 0.254 e.